The summed E-state index contributed by atoms with van der Waals surface area (Å²) < 4.78 is 1.67. The molecule has 1 unspecified atom stereocenters. The summed E-state index contributed by atoms with van der Waals surface area (Å²) in [6.45, 7) is 5.69. The zero-order valence-electron chi connectivity index (χ0n) is 15.4. The van der Waals surface area contributed by atoms with Crippen LogP contribution in [0.2, 0.25) is 0 Å². The van der Waals surface area contributed by atoms with Crippen molar-refractivity contribution < 1.29 is 9.59 Å². The van der Waals surface area contributed by atoms with Gasteiger partial charge in [0.1, 0.15) is 6.04 Å². The van der Waals surface area contributed by atoms with E-state index in [-0.39, 0.29) is 23.8 Å². The SMILES string of the molecule is Cc1ccc(CNC(=O)C2CCN(C(=O)C(C)n3cccn3)CC2)cc1. The fraction of sp³-hybridized carbons (Fsp3) is 0.450. The predicted octanol–water partition coefficient (Wildman–Crippen LogP) is 2.31. The molecule has 1 atom stereocenters. The number of piperidine rings is 1. The number of aryl methyl sites for hydroxylation is 1. The Balaban J connectivity index is 1.46. The summed E-state index contributed by atoms with van der Waals surface area (Å²) in [5.41, 5.74) is 2.31. The van der Waals surface area contributed by atoms with E-state index in [9.17, 15) is 9.59 Å². The molecule has 0 bridgehead atoms. The van der Waals surface area contributed by atoms with Crippen LogP contribution in [0.25, 0.3) is 0 Å². The molecule has 0 radical (unpaired) electrons. The zero-order chi connectivity index (χ0) is 18.5. The van der Waals surface area contributed by atoms with Crippen LogP contribution >= 0.6 is 0 Å². The van der Waals surface area contributed by atoms with E-state index in [1.807, 2.05) is 49.1 Å². The topological polar surface area (TPSA) is 67.2 Å². The van der Waals surface area contributed by atoms with Crippen molar-refractivity contribution in [1.29, 1.82) is 0 Å². The van der Waals surface area contributed by atoms with E-state index in [1.54, 1.807) is 17.1 Å². The lowest BCUT2D eigenvalue weighted by molar-refractivity contribution is -0.138. The highest BCUT2D eigenvalue weighted by molar-refractivity contribution is 5.81. The Kier molecular flexibility index (Phi) is 5.71. The average molecular weight is 354 g/mol. The van der Waals surface area contributed by atoms with Gasteiger partial charge in [0.05, 0.1) is 0 Å². The van der Waals surface area contributed by atoms with Crippen LogP contribution in [0.5, 0.6) is 0 Å². The highest BCUT2D eigenvalue weighted by atomic mass is 16.2. The predicted molar refractivity (Wildman–Crippen MR) is 99.3 cm³/mol. The largest absolute Gasteiger partial charge is 0.352 e. The molecule has 1 aliphatic rings. The van der Waals surface area contributed by atoms with Crippen molar-refractivity contribution >= 4 is 11.8 Å². The number of benzene rings is 1. The number of carbonyl (C=O) groups excluding carboxylic acids is 2. The molecule has 1 saturated heterocycles. The molecule has 0 saturated carbocycles. The third kappa shape index (κ3) is 4.31. The van der Waals surface area contributed by atoms with Crippen LogP contribution in [0.3, 0.4) is 0 Å². The van der Waals surface area contributed by atoms with Crippen molar-refractivity contribution in [3.05, 3.63) is 53.9 Å². The van der Waals surface area contributed by atoms with Gasteiger partial charge in [-0.15, -0.1) is 0 Å². The van der Waals surface area contributed by atoms with Gasteiger partial charge < -0.3 is 10.2 Å². The van der Waals surface area contributed by atoms with Gasteiger partial charge in [0.2, 0.25) is 11.8 Å². The van der Waals surface area contributed by atoms with Gasteiger partial charge in [-0.3, -0.25) is 14.3 Å². The third-order valence-corrected chi connectivity index (χ3v) is 5.04. The molecule has 6 nitrogen and oxygen atoms in total. The summed E-state index contributed by atoms with van der Waals surface area (Å²) in [6.07, 6.45) is 4.89. The fourth-order valence-electron chi connectivity index (χ4n) is 3.29. The van der Waals surface area contributed by atoms with Gasteiger partial charge in [0.15, 0.2) is 0 Å². The Bertz CT molecular complexity index is 732. The van der Waals surface area contributed by atoms with Crippen molar-refractivity contribution in [2.45, 2.75) is 39.3 Å². The first kappa shape index (κ1) is 18.2. The standard InChI is InChI=1S/C20H26N4O2/c1-15-4-6-17(7-5-15)14-21-19(25)18-8-12-23(13-9-18)20(26)16(2)24-11-3-10-22-24/h3-7,10-11,16,18H,8-9,12-14H2,1-2H3,(H,21,25). The molecule has 2 aromatic rings. The molecule has 2 amide bonds. The fourth-order valence-corrected chi connectivity index (χ4v) is 3.29. The molecule has 1 fully saturated rings. The molecule has 26 heavy (non-hydrogen) atoms. The highest BCUT2D eigenvalue weighted by Crippen LogP contribution is 2.20. The molecule has 1 aliphatic heterocycles. The van der Waals surface area contributed by atoms with Crippen LogP contribution in [0.1, 0.15) is 36.9 Å². The van der Waals surface area contributed by atoms with E-state index >= 15 is 0 Å². The second-order valence-corrected chi connectivity index (χ2v) is 6.97. The Morgan fingerprint density at radius 3 is 2.54 bits per heavy atom. The molecule has 0 spiro atoms. The average Bonchev–Trinajstić information content (AvgIpc) is 3.21. The molecule has 2 heterocycles. The second-order valence-electron chi connectivity index (χ2n) is 6.97. The van der Waals surface area contributed by atoms with Crippen molar-refractivity contribution in [3.63, 3.8) is 0 Å². The molecule has 1 aromatic heterocycles. The Labute approximate surface area is 154 Å². The van der Waals surface area contributed by atoms with E-state index in [0.29, 0.717) is 32.5 Å². The summed E-state index contributed by atoms with van der Waals surface area (Å²) >= 11 is 0. The number of hydrogen-bond donors (Lipinski definition) is 1. The maximum Gasteiger partial charge on any atom is 0.247 e. The van der Waals surface area contributed by atoms with Gasteiger partial charge in [-0.25, -0.2) is 0 Å². The molecule has 138 valence electrons. The minimum atomic E-state index is -0.308. The quantitative estimate of drug-likeness (QED) is 0.896. The van der Waals surface area contributed by atoms with E-state index < -0.39 is 0 Å². The van der Waals surface area contributed by atoms with Crippen LogP contribution in [-0.2, 0) is 16.1 Å². The van der Waals surface area contributed by atoms with E-state index in [2.05, 4.69) is 10.4 Å². The molecule has 6 heteroatoms. The smallest absolute Gasteiger partial charge is 0.247 e. The number of nitrogens with one attached hydrogen (secondary N) is 1. The summed E-state index contributed by atoms with van der Waals surface area (Å²) in [6, 6.07) is 9.67. The van der Waals surface area contributed by atoms with Gasteiger partial charge in [-0.1, -0.05) is 29.8 Å². The first-order valence-electron chi connectivity index (χ1n) is 9.16. The van der Waals surface area contributed by atoms with E-state index in [4.69, 9.17) is 0 Å². The minimum Gasteiger partial charge on any atom is -0.352 e. The van der Waals surface area contributed by atoms with Gasteiger partial charge in [0.25, 0.3) is 0 Å². The lowest BCUT2D eigenvalue weighted by Gasteiger charge is -2.33. The number of rotatable bonds is 5. The number of carbonyl (C=O) groups is 2. The van der Waals surface area contributed by atoms with Crippen molar-refractivity contribution in [2.24, 2.45) is 5.92 Å². The first-order chi connectivity index (χ1) is 12.5. The lowest BCUT2D eigenvalue weighted by atomic mass is 9.95. The Morgan fingerprint density at radius 2 is 1.92 bits per heavy atom. The zero-order valence-corrected chi connectivity index (χ0v) is 15.4. The lowest BCUT2D eigenvalue weighted by Crippen LogP contribution is -2.45. The highest BCUT2D eigenvalue weighted by Gasteiger charge is 2.29. The van der Waals surface area contributed by atoms with Crippen LogP contribution in [0.4, 0.5) is 0 Å². The van der Waals surface area contributed by atoms with Crippen LogP contribution in [-0.4, -0.2) is 39.6 Å². The normalized spacial score (nSPS) is 16.3. The molecule has 1 aromatic carbocycles. The number of hydrogen-bond acceptors (Lipinski definition) is 3. The second kappa shape index (κ2) is 8.17. The maximum atomic E-state index is 12.6. The Morgan fingerprint density at radius 1 is 1.23 bits per heavy atom. The van der Waals surface area contributed by atoms with Crippen molar-refractivity contribution in [1.82, 2.24) is 20.0 Å². The van der Waals surface area contributed by atoms with Gasteiger partial charge in [0, 0.05) is 37.9 Å². The van der Waals surface area contributed by atoms with Gasteiger partial charge in [-0.2, -0.15) is 5.10 Å². The number of aromatic nitrogens is 2. The van der Waals surface area contributed by atoms with Gasteiger partial charge in [-0.05, 0) is 38.3 Å². The van der Waals surface area contributed by atoms with Crippen LogP contribution in [0, 0.1) is 12.8 Å². The van der Waals surface area contributed by atoms with Crippen LogP contribution < -0.4 is 5.32 Å². The summed E-state index contributed by atoms with van der Waals surface area (Å²) in [7, 11) is 0. The maximum absolute atomic E-state index is 12.6. The monoisotopic (exact) mass is 354 g/mol. The number of amides is 2. The van der Waals surface area contributed by atoms with Crippen molar-refractivity contribution in [3.8, 4) is 0 Å². The molecular weight excluding hydrogens is 328 g/mol. The third-order valence-electron chi connectivity index (χ3n) is 5.04. The number of nitrogens with zero attached hydrogens (tertiary/aromatic N) is 3. The summed E-state index contributed by atoms with van der Waals surface area (Å²) in [4.78, 5) is 26.8. The summed E-state index contributed by atoms with van der Waals surface area (Å²) in [5.74, 6) is 0.120. The summed E-state index contributed by atoms with van der Waals surface area (Å²) in [5, 5.41) is 7.16. The minimum absolute atomic E-state index is 0.0236. The van der Waals surface area contributed by atoms with Crippen molar-refractivity contribution in [2.75, 3.05) is 13.1 Å². The number of likely N-dealkylation sites (tertiary alicyclic amines) is 1. The molecule has 3 rings (SSSR count). The van der Waals surface area contributed by atoms with E-state index in [0.717, 1.165) is 5.56 Å². The van der Waals surface area contributed by atoms with E-state index in [1.165, 1.54) is 5.56 Å². The molecule has 1 N–H and O–H groups in total. The first-order valence-corrected chi connectivity index (χ1v) is 9.16. The molecular formula is C20H26N4O2. The van der Waals surface area contributed by atoms with Crippen LogP contribution in [0.15, 0.2) is 42.7 Å². The van der Waals surface area contributed by atoms with Gasteiger partial charge >= 0.3 is 0 Å². The molecule has 0 aliphatic carbocycles. The Hall–Kier alpha value is -2.63.